The summed E-state index contributed by atoms with van der Waals surface area (Å²) in [5, 5.41) is 16.0. The molecule has 140 valence electrons. The number of aromatic nitrogens is 3. The van der Waals surface area contributed by atoms with Gasteiger partial charge >= 0.3 is 0 Å². The number of benzene rings is 1. The van der Waals surface area contributed by atoms with E-state index < -0.39 is 0 Å². The molecule has 0 aliphatic carbocycles. The first-order valence-electron chi connectivity index (χ1n) is 7.70. The lowest BCUT2D eigenvalue weighted by Gasteiger charge is -2.01. The van der Waals surface area contributed by atoms with Crippen LogP contribution in [0, 0.1) is 12.7 Å². The summed E-state index contributed by atoms with van der Waals surface area (Å²) in [4.78, 5) is 28.1. The molecule has 27 heavy (non-hydrogen) atoms. The number of aryl methyl sites for hydroxylation is 1. The van der Waals surface area contributed by atoms with Gasteiger partial charge in [-0.05, 0) is 24.6 Å². The number of nitrogens with one attached hydrogen (secondary N) is 2. The summed E-state index contributed by atoms with van der Waals surface area (Å²) in [5.74, 6) is -0.645. The fourth-order valence-corrected chi connectivity index (χ4v) is 4.24. The number of anilines is 2. The van der Waals surface area contributed by atoms with Gasteiger partial charge < -0.3 is 10.6 Å². The Labute approximate surface area is 166 Å². The molecule has 0 saturated carbocycles. The van der Waals surface area contributed by atoms with Crippen molar-refractivity contribution >= 4 is 56.5 Å². The summed E-state index contributed by atoms with van der Waals surface area (Å²) in [5.41, 5.74) is 1.55. The number of thioether (sulfide) groups is 1. The van der Waals surface area contributed by atoms with E-state index in [1.54, 1.807) is 12.1 Å². The van der Waals surface area contributed by atoms with Crippen molar-refractivity contribution in [2.45, 2.75) is 17.7 Å². The average Bonchev–Trinajstić information content (AvgIpc) is 3.24. The van der Waals surface area contributed by atoms with Gasteiger partial charge in [0.25, 0.3) is 0 Å². The van der Waals surface area contributed by atoms with Crippen LogP contribution in [0.15, 0.2) is 34.0 Å². The summed E-state index contributed by atoms with van der Waals surface area (Å²) >= 11 is 3.77. The van der Waals surface area contributed by atoms with Gasteiger partial charge in [-0.15, -0.1) is 21.5 Å². The SMILES string of the molecule is Cc1csc(NC(=O)CSc2nnc(NC(=O)Cc3ccc(F)cc3)s2)n1. The minimum atomic E-state index is -0.348. The lowest BCUT2D eigenvalue weighted by Crippen LogP contribution is -2.14. The standard InChI is InChI=1S/C16H14FN5O2S3/c1-9-7-25-14(18-9)20-13(24)8-26-16-22-21-15(27-16)19-12(23)6-10-2-4-11(17)5-3-10/h2-5,7H,6,8H2,1H3,(H,18,20,24)(H,19,21,23). The Morgan fingerprint density at radius 2 is 1.85 bits per heavy atom. The third kappa shape index (κ3) is 6.08. The van der Waals surface area contributed by atoms with E-state index in [9.17, 15) is 14.0 Å². The summed E-state index contributed by atoms with van der Waals surface area (Å²) in [6.45, 7) is 1.86. The van der Waals surface area contributed by atoms with Crippen LogP contribution in [0.25, 0.3) is 0 Å². The summed E-state index contributed by atoms with van der Waals surface area (Å²) in [6.07, 6.45) is 0.109. The van der Waals surface area contributed by atoms with Crippen LogP contribution in [0.2, 0.25) is 0 Å². The predicted octanol–water partition coefficient (Wildman–Crippen LogP) is 3.35. The van der Waals surface area contributed by atoms with Gasteiger partial charge in [-0.25, -0.2) is 9.37 Å². The molecular formula is C16H14FN5O2S3. The van der Waals surface area contributed by atoms with Gasteiger partial charge in [-0.1, -0.05) is 35.2 Å². The molecule has 2 N–H and O–H groups in total. The van der Waals surface area contributed by atoms with Gasteiger partial charge in [0.15, 0.2) is 9.47 Å². The molecule has 0 bridgehead atoms. The summed E-state index contributed by atoms with van der Waals surface area (Å²) in [6, 6.07) is 5.72. The number of carbonyl (C=O) groups is 2. The molecule has 0 unspecified atom stereocenters. The van der Waals surface area contributed by atoms with Crippen molar-refractivity contribution in [3.05, 3.63) is 46.7 Å². The molecule has 0 radical (unpaired) electrons. The number of nitrogens with zero attached hydrogens (tertiary/aromatic N) is 3. The number of thiazole rings is 1. The second-order valence-electron chi connectivity index (χ2n) is 5.36. The minimum absolute atomic E-state index is 0.109. The van der Waals surface area contributed by atoms with Crippen molar-refractivity contribution in [1.29, 1.82) is 0 Å². The maximum Gasteiger partial charge on any atom is 0.236 e. The first-order chi connectivity index (χ1) is 13.0. The van der Waals surface area contributed by atoms with Crippen LogP contribution in [-0.4, -0.2) is 32.7 Å². The summed E-state index contributed by atoms with van der Waals surface area (Å²) in [7, 11) is 0. The zero-order valence-corrected chi connectivity index (χ0v) is 16.5. The van der Waals surface area contributed by atoms with Crippen molar-refractivity contribution in [2.75, 3.05) is 16.4 Å². The van der Waals surface area contributed by atoms with Crippen LogP contribution in [0.4, 0.5) is 14.7 Å². The first kappa shape index (κ1) is 19.4. The molecule has 0 aliphatic rings. The van der Waals surface area contributed by atoms with Crippen LogP contribution in [0.5, 0.6) is 0 Å². The zero-order chi connectivity index (χ0) is 19.2. The van der Waals surface area contributed by atoms with Crippen molar-refractivity contribution < 1.29 is 14.0 Å². The molecule has 1 aromatic carbocycles. The van der Waals surface area contributed by atoms with Gasteiger partial charge in [0.2, 0.25) is 16.9 Å². The first-order valence-corrected chi connectivity index (χ1v) is 10.4. The minimum Gasteiger partial charge on any atom is -0.301 e. The fraction of sp³-hybridized carbons (Fsp3) is 0.188. The quantitative estimate of drug-likeness (QED) is 0.447. The number of hydrogen-bond donors (Lipinski definition) is 2. The Hall–Kier alpha value is -2.37. The van der Waals surface area contributed by atoms with E-state index in [0.29, 0.717) is 20.2 Å². The second kappa shape index (κ2) is 9.02. The van der Waals surface area contributed by atoms with E-state index in [1.165, 1.54) is 46.6 Å². The molecule has 7 nitrogen and oxygen atoms in total. The lowest BCUT2D eigenvalue weighted by molar-refractivity contribution is -0.115. The molecular weight excluding hydrogens is 409 g/mol. The molecule has 0 atom stereocenters. The summed E-state index contributed by atoms with van der Waals surface area (Å²) < 4.78 is 13.4. The third-order valence-corrected chi connectivity index (χ3v) is 5.97. The Bertz CT molecular complexity index is 942. The van der Waals surface area contributed by atoms with Gasteiger partial charge in [-0.3, -0.25) is 9.59 Å². The van der Waals surface area contributed by atoms with Crippen LogP contribution < -0.4 is 10.6 Å². The normalized spacial score (nSPS) is 10.6. The van der Waals surface area contributed by atoms with E-state index in [-0.39, 0.29) is 29.8 Å². The van der Waals surface area contributed by atoms with Crippen molar-refractivity contribution in [3.8, 4) is 0 Å². The van der Waals surface area contributed by atoms with Crippen molar-refractivity contribution in [2.24, 2.45) is 0 Å². The number of carbonyl (C=O) groups excluding carboxylic acids is 2. The van der Waals surface area contributed by atoms with E-state index in [4.69, 9.17) is 0 Å². The highest BCUT2D eigenvalue weighted by Crippen LogP contribution is 2.26. The fourth-order valence-electron chi connectivity index (χ4n) is 1.96. The molecule has 3 rings (SSSR count). The largest absolute Gasteiger partial charge is 0.301 e. The predicted molar refractivity (Wildman–Crippen MR) is 105 cm³/mol. The third-order valence-electron chi connectivity index (χ3n) is 3.12. The van der Waals surface area contributed by atoms with E-state index in [2.05, 4.69) is 25.8 Å². The van der Waals surface area contributed by atoms with Crippen LogP contribution in [0.3, 0.4) is 0 Å². The second-order valence-corrected chi connectivity index (χ2v) is 8.41. The highest BCUT2D eigenvalue weighted by atomic mass is 32.2. The maximum atomic E-state index is 12.9. The number of amides is 2. The highest BCUT2D eigenvalue weighted by Gasteiger charge is 2.12. The van der Waals surface area contributed by atoms with Crippen LogP contribution >= 0.6 is 34.4 Å². The van der Waals surface area contributed by atoms with Crippen LogP contribution in [0.1, 0.15) is 11.3 Å². The Morgan fingerprint density at radius 1 is 1.11 bits per heavy atom. The molecule has 0 saturated heterocycles. The van der Waals surface area contributed by atoms with Gasteiger partial charge in [0.1, 0.15) is 5.82 Å². The maximum absolute atomic E-state index is 12.9. The lowest BCUT2D eigenvalue weighted by atomic mass is 10.1. The smallest absolute Gasteiger partial charge is 0.236 e. The Kier molecular flexibility index (Phi) is 6.48. The number of rotatable bonds is 7. The monoisotopic (exact) mass is 423 g/mol. The molecule has 0 spiro atoms. The van der Waals surface area contributed by atoms with E-state index in [1.807, 2.05) is 12.3 Å². The van der Waals surface area contributed by atoms with Crippen molar-refractivity contribution in [3.63, 3.8) is 0 Å². The topological polar surface area (TPSA) is 96.9 Å². The van der Waals surface area contributed by atoms with E-state index >= 15 is 0 Å². The van der Waals surface area contributed by atoms with Gasteiger partial charge in [-0.2, -0.15) is 0 Å². The molecule has 3 aromatic rings. The Morgan fingerprint density at radius 3 is 2.56 bits per heavy atom. The molecule has 0 fully saturated rings. The average molecular weight is 424 g/mol. The van der Waals surface area contributed by atoms with E-state index in [0.717, 1.165) is 5.69 Å². The molecule has 11 heteroatoms. The molecule has 2 aromatic heterocycles. The number of halogens is 1. The molecule has 2 amide bonds. The highest BCUT2D eigenvalue weighted by molar-refractivity contribution is 8.01. The zero-order valence-electron chi connectivity index (χ0n) is 14.1. The van der Waals surface area contributed by atoms with Crippen LogP contribution in [-0.2, 0) is 16.0 Å². The molecule has 2 heterocycles. The van der Waals surface area contributed by atoms with Crippen molar-refractivity contribution in [1.82, 2.24) is 15.2 Å². The van der Waals surface area contributed by atoms with Gasteiger partial charge in [0, 0.05) is 5.38 Å². The number of hydrogen-bond acceptors (Lipinski definition) is 8. The van der Waals surface area contributed by atoms with Gasteiger partial charge in [0.05, 0.1) is 17.9 Å². The molecule has 0 aliphatic heterocycles. The Balaban J connectivity index is 1.45.